The van der Waals surface area contributed by atoms with Gasteiger partial charge < -0.3 is 5.32 Å². The topological polar surface area (TPSA) is 73.1 Å². The van der Waals surface area contributed by atoms with Crippen molar-refractivity contribution < 1.29 is 4.79 Å². The molecule has 0 spiro atoms. The Kier molecular flexibility index (Phi) is 3.87. The highest BCUT2D eigenvalue weighted by molar-refractivity contribution is 7.20. The van der Waals surface area contributed by atoms with Gasteiger partial charge in [-0.05, 0) is 11.6 Å². The third-order valence-electron chi connectivity index (χ3n) is 3.65. The first kappa shape index (κ1) is 15.2. The van der Waals surface area contributed by atoms with Crippen molar-refractivity contribution in [2.24, 2.45) is 14.1 Å². The van der Waals surface area contributed by atoms with E-state index in [1.165, 1.54) is 11.6 Å². The van der Waals surface area contributed by atoms with Gasteiger partial charge in [-0.1, -0.05) is 30.3 Å². The standard InChI is InChI=1S/C16H15N3O3S/c1-18-14(21)11-8-12(23-15(11)19(2)16(18)22)13(20)17-9-10-6-4-3-5-7-10/h3-8H,9H2,1-2H3,(H,17,20). The first-order valence-corrected chi connectivity index (χ1v) is 7.82. The van der Waals surface area contributed by atoms with E-state index in [0.717, 1.165) is 21.5 Å². The van der Waals surface area contributed by atoms with E-state index in [4.69, 9.17) is 0 Å². The maximum atomic E-state index is 12.3. The molecule has 0 aliphatic carbocycles. The minimum absolute atomic E-state index is 0.260. The molecule has 0 aliphatic rings. The van der Waals surface area contributed by atoms with Crippen molar-refractivity contribution in [3.05, 3.63) is 67.7 Å². The molecule has 0 atom stereocenters. The van der Waals surface area contributed by atoms with Crippen LogP contribution in [0.1, 0.15) is 15.2 Å². The van der Waals surface area contributed by atoms with Gasteiger partial charge in [0.15, 0.2) is 0 Å². The third kappa shape index (κ3) is 2.70. The van der Waals surface area contributed by atoms with Crippen molar-refractivity contribution in [1.29, 1.82) is 0 Å². The smallest absolute Gasteiger partial charge is 0.331 e. The fourth-order valence-electron chi connectivity index (χ4n) is 2.34. The monoisotopic (exact) mass is 329 g/mol. The quantitative estimate of drug-likeness (QED) is 0.785. The lowest BCUT2D eigenvalue weighted by Gasteiger charge is -2.03. The molecule has 3 aromatic rings. The van der Waals surface area contributed by atoms with Crippen LogP contribution in [0.15, 0.2) is 46.0 Å². The predicted octanol–water partition coefficient (Wildman–Crippen LogP) is 1.23. The molecule has 2 aromatic heterocycles. The van der Waals surface area contributed by atoms with Crippen molar-refractivity contribution in [2.45, 2.75) is 6.54 Å². The Morgan fingerprint density at radius 3 is 2.52 bits per heavy atom. The molecule has 0 bridgehead atoms. The minimum Gasteiger partial charge on any atom is -0.347 e. The Morgan fingerprint density at radius 1 is 1.13 bits per heavy atom. The van der Waals surface area contributed by atoms with Crippen LogP contribution in [-0.4, -0.2) is 15.0 Å². The Hall–Kier alpha value is -2.67. The number of carbonyl (C=O) groups is 1. The van der Waals surface area contributed by atoms with Crippen molar-refractivity contribution >= 4 is 27.5 Å². The number of rotatable bonds is 3. The summed E-state index contributed by atoms with van der Waals surface area (Å²) >= 11 is 1.14. The van der Waals surface area contributed by atoms with E-state index in [1.54, 1.807) is 13.1 Å². The van der Waals surface area contributed by atoms with E-state index >= 15 is 0 Å². The van der Waals surface area contributed by atoms with E-state index in [-0.39, 0.29) is 11.5 Å². The van der Waals surface area contributed by atoms with Crippen molar-refractivity contribution in [3.63, 3.8) is 0 Å². The second-order valence-corrected chi connectivity index (χ2v) is 6.23. The van der Waals surface area contributed by atoms with Crippen LogP contribution in [0.5, 0.6) is 0 Å². The molecule has 0 saturated heterocycles. The number of carbonyl (C=O) groups excluding carboxylic acids is 1. The fourth-order valence-corrected chi connectivity index (χ4v) is 3.36. The molecule has 1 amide bonds. The molecular weight excluding hydrogens is 314 g/mol. The Morgan fingerprint density at radius 2 is 1.83 bits per heavy atom. The largest absolute Gasteiger partial charge is 0.347 e. The summed E-state index contributed by atoms with van der Waals surface area (Å²) in [5.41, 5.74) is 0.201. The summed E-state index contributed by atoms with van der Waals surface area (Å²) in [7, 11) is 3.02. The fraction of sp³-hybridized carbons (Fsp3) is 0.188. The summed E-state index contributed by atoms with van der Waals surface area (Å²) in [6.07, 6.45) is 0. The van der Waals surface area contributed by atoms with Crippen LogP contribution in [-0.2, 0) is 20.6 Å². The van der Waals surface area contributed by atoms with Gasteiger partial charge >= 0.3 is 5.69 Å². The predicted molar refractivity (Wildman–Crippen MR) is 89.9 cm³/mol. The van der Waals surface area contributed by atoms with Gasteiger partial charge in [0, 0.05) is 20.6 Å². The Bertz CT molecular complexity index is 999. The molecule has 7 heteroatoms. The van der Waals surface area contributed by atoms with Gasteiger partial charge in [0.2, 0.25) is 0 Å². The minimum atomic E-state index is -0.402. The lowest BCUT2D eigenvalue weighted by atomic mass is 10.2. The van der Waals surface area contributed by atoms with E-state index in [9.17, 15) is 14.4 Å². The maximum Gasteiger partial charge on any atom is 0.331 e. The van der Waals surface area contributed by atoms with Crippen molar-refractivity contribution in [2.75, 3.05) is 0 Å². The van der Waals surface area contributed by atoms with Gasteiger partial charge in [-0.3, -0.25) is 18.7 Å². The van der Waals surface area contributed by atoms with Gasteiger partial charge in [-0.2, -0.15) is 0 Å². The number of hydrogen-bond donors (Lipinski definition) is 1. The average molecular weight is 329 g/mol. The number of fused-ring (bicyclic) bond motifs is 1. The lowest BCUT2D eigenvalue weighted by molar-refractivity contribution is 0.0955. The SMILES string of the molecule is Cn1c(=O)c2cc(C(=O)NCc3ccccc3)sc2n(C)c1=O. The number of benzene rings is 1. The third-order valence-corrected chi connectivity index (χ3v) is 4.86. The molecule has 118 valence electrons. The second kappa shape index (κ2) is 5.85. The number of aryl methyl sites for hydroxylation is 1. The van der Waals surface area contributed by atoms with Gasteiger partial charge in [0.05, 0.1) is 10.3 Å². The second-order valence-electron chi connectivity index (χ2n) is 5.20. The van der Waals surface area contributed by atoms with Gasteiger partial charge in [0.1, 0.15) is 4.83 Å². The summed E-state index contributed by atoms with van der Waals surface area (Å²) in [6, 6.07) is 11.1. The molecule has 0 fully saturated rings. The number of aromatic nitrogens is 2. The number of thiophene rings is 1. The van der Waals surface area contributed by atoms with Crippen LogP contribution in [0.3, 0.4) is 0 Å². The first-order valence-electron chi connectivity index (χ1n) is 7.00. The van der Waals surface area contributed by atoms with Crippen molar-refractivity contribution in [1.82, 2.24) is 14.5 Å². The lowest BCUT2D eigenvalue weighted by Crippen LogP contribution is -2.36. The summed E-state index contributed by atoms with van der Waals surface area (Å²) in [6.45, 7) is 0.408. The molecule has 0 unspecified atom stereocenters. The molecule has 0 aliphatic heterocycles. The van der Waals surface area contributed by atoms with E-state index in [1.807, 2.05) is 30.3 Å². The average Bonchev–Trinajstić information content (AvgIpc) is 3.02. The summed E-state index contributed by atoms with van der Waals surface area (Å²) in [5.74, 6) is -0.260. The zero-order valence-corrected chi connectivity index (χ0v) is 13.5. The zero-order chi connectivity index (χ0) is 16.6. The van der Waals surface area contributed by atoms with Gasteiger partial charge in [-0.25, -0.2) is 4.79 Å². The van der Waals surface area contributed by atoms with Gasteiger partial charge in [-0.15, -0.1) is 11.3 Å². The summed E-state index contributed by atoms with van der Waals surface area (Å²) < 4.78 is 2.43. The highest BCUT2D eigenvalue weighted by Gasteiger charge is 2.16. The summed E-state index contributed by atoms with van der Waals surface area (Å²) in [4.78, 5) is 37.3. The Labute approximate surface area is 135 Å². The first-order chi connectivity index (χ1) is 11.0. The van der Waals surface area contributed by atoms with Crippen LogP contribution in [0.2, 0.25) is 0 Å². The number of nitrogens with zero attached hydrogens (tertiary/aromatic N) is 2. The zero-order valence-electron chi connectivity index (χ0n) is 12.7. The van der Waals surface area contributed by atoms with Crippen LogP contribution >= 0.6 is 11.3 Å². The van der Waals surface area contributed by atoms with E-state index in [0.29, 0.717) is 21.6 Å². The molecule has 1 aromatic carbocycles. The molecule has 1 N–H and O–H groups in total. The van der Waals surface area contributed by atoms with Crippen LogP contribution in [0.25, 0.3) is 10.2 Å². The summed E-state index contributed by atoms with van der Waals surface area (Å²) in [5, 5.41) is 3.20. The molecular formula is C16H15N3O3S. The van der Waals surface area contributed by atoms with Crippen LogP contribution in [0, 0.1) is 0 Å². The van der Waals surface area contributed by atoms with E-state index < -0.39 is 5.69 Å². The molecule has 0 saturated carbocycles. The van der Waals surface area contributed by atoms with Gasteiger partial charge in [0.25, 0.3) is 11.5 Å². The van der Waals surface area contributed by atoms with Crippen molar-refractivity contribution in [3.8, 4) is 0 Å². The number of amides is 1. The Balaban J connectivity index is 1.93. The number of hydrogen-bond acceptors (Lipinski definition) is 4. The molecule has 23 heavy (non-hydrogen) atoms. The molecule has 0 radical (unpaired) electrons. The highest BCUT2D eigenvalue weighted by atomic mass is 32.1. The van der Waals surface area contributed by atoms with E-state index in [2.05, 4.69) is 5.32 Å². The highest BCUT2D eigenvalue weighted by Crippen LogP contribution is 2.21. The number of nitrogens with one attached hydrogen (secondary N) is 1. The molecule has 6 nitrogen and oxygen atoms in total. The molecule has 3 rings (SSSR count). The normalized spacial score (nSPS) is 10.9. The maximum absolute atomic E-state index is 12.3. The molecule has 2 heterocycles. The van der Waals surface area contributed by atoms with Crippen LogP contribution in [0.4, 0.5) is 0 Å². The van der Waals surface area contributed by atoms with Crippen LogP contribution < -0.4 is 16.6 Å².